The highest BCUT2D eigenvalue weighted by Gasteiger charge is 2.47. The zero-order valence-electron chi connectivity index (χ0n) is 48.1. The van der Waals surface area contributed by atoms with E-state index in [4.69, 9.17) is 14.2 Å². The molecule has 11 nitrogen and oxygen atoms in total. The fraction of sp³-hybridized carbons (Fsp3) is 0.723. The Morgan fingerprint density at radius 3 is 1.45 bits per heavy atom. The van der Waals surface area contributed by atoms with Gasteiger partial charge in [0, 0.05) is 6.42 Å². The molecule has 436 valence electrons. The Morgan fingerprint density at radius 1 is 0.526 bits per heavy atom. The molecule has 76 heavy (non-hydrogen) atoms. The van der Waals surface area contributed by atoms with Crippen LogP contribution in [0.3, 0.4) is 0 Å². The number of hydrogen-bond acceptors (Lipinski definition) is 10. The molecule has 0 radical (unpaired) electrons. The number of amides is 1. The van der Waals surface area contributed by atoms with E-state index in [9.17, 15) is 35.1 Å². The molecule has 1 amide bonds. The second-order valence-corrected chi connectivity index (χ2v) is 20.7. The monoisotopic (exact) mass is 1070 g/mol. The summed E-state index contributed by atoms with van der Waals surface area (Å²) in [6.45, 7) is 5.60. The minimum Gasteiger partial charge on any atom is -0.454 e. The van der Waals surface area contributed by atoms with Crippen molar-refractivity contribution in [2.45, 2.75) is 288 Å². The summed E-state index contributed by atoms with van der Waals surface area (Å²) in [4.78, 5) is 26.5. The Bertz CT molecular complexity index is 1600. The van der Waals surface area contributed by atoms with E-state index in [1.165, 1.54) is 64.2 Å². The summed E-state index contributed by atoms with van der Waals surface area (Å²) in [7, 11) is 0. The van der Waals surface area contributed by atoms with Gasteiger partial charge >= 0.3 is 5.97 Å². The van der Waals surface area contributed by atoms with Crippen LogP contribution in [-0.4, -0.2) is 99.6 Å². The van der Waals surface area contributed by atoms with Crippen LogP contribution in [0.5, 0.6) is 0 Å². The topological polar surface area (TPSA) is 175 Å². The Labute approximate surface area is 463 Å². The van der Waals surface area contributed by atoms with E-state index in [2.05, 4.69) is 111 Å². The lowest BCUT2D eigenvalue weighted by Crippen LogP contribution is -2.61. The molecule has 1 fully saturated rings. The van der Waals surface area contributed by atoms with E-state index < -0.39 is 67.4 Å². The van der Waals surface area contributed by atoms with E-state index in [1.54, 1.807) is 6.08 Å². The highest BCUT2D eigenvalue weighted by Crippen LogP contribution is 2.26. The number of aliphatic hydroxyl groups excluding tert-OH is 5. The highest BCUT2D eigenvalue weighted by molar-refractivity contribution is 5.80. The minimum atomic E-state index is -1.63. The van der Waals surface area contributed by atoms with Gasteiger partial charge in [-0.3, -0.25) is 9.59 Å². The number of carbonyl (C=O) groups is 2. The molecule has 1 saturated heterocycles. The summed E-state index contributed by atoms with van der Waals surface area (Å²) in [5.41, 5.74) is 0. The van der Waals surface area contributed by atoms with Gasteiger partial charge in [-0.25, -0.2) is 0 Å². The summed E-state index contributed by atoms with van der Waals surface area (Å²) >= 11 is 0. The summed E-state index contributed by atoms with van der Waals surface area (Å²) in [6.07, 6.45) is 58.8. The minimum absolute atomic E-state index is 0.103. The van der Waals surface area contributed by atoms with Gasteiger partial charge in [-0.15, -0.1) is 0 Å². The Hall–Kier alpha value is -3.42. The molecule has 1 aliphatic heterocycles. The molecule has 0 saturated carbocycles. The zero-order chi connectivity index (χ0) is 55.4. The van der Waals surface area contributed by atoms with E-state index in [0.717, 1.165) is 128 Å². The van der Waals surface area contributed by atoms with E-state index in [0.29, 0.717) is 12.8 Å². The molecule has 1 heterocycles. The third-order valence-corrected chi connectivity index (χ3v) is 13.7. The average Bonchev–Trinajstić information content (AvgIpc) is 3.42. The van der Waals surface area contributed by atoms with Gasteiger partial charge < -0.3 is 45.1 Å². The van der Waals surface area contributed by atoms with Crippen molar-refractivity contribution in [1.82, 2.24) is 5.32 Å². The van der Waals surface area contributed by atoms with Crippen LogP contribution in [0.25, 0.3) is 0 Å². The third kappa shape index (κ3) is 39.9. The normalized spacial score (nSPS) is 19.8. The maximum atomic E-state index is 13.4. The number of carbonyl (C=O) groups excluding carboxylic acids is 2. The van der Waals surface area contributed by atoms with Crippen LogP contribution in [0.1, 0.15) is 239 Å². The number of nitrogens with one attached hydrogen (secondary N) is 1. The zero-order valence-corrected chi connectivity index (χ0v) is 48.1. The number of aliphatic hydroxyl groups is 5. The maximum Gasteiger partial charge on any atom is 0.306 e. The van der Waals surface area contributed by atoms with Crippen molar-refractivity contribution in [2.75, 3.05) is 13.2 Å². The fourth-order valence-corrected chi connectivity index (χ4v) is 8.88. The molecule has 0 aliphatic carbocycles. The molecule has 8 unspecified atom stereocenters. The van der Waals surface area contributed by atoms with Crippen LogP contribution in [0.2, 0.25) is 0 Å². The van der Waals surface area contributed by atoms with Gasteiger partial charge in [0.05, 0.1) is 25.4 Å². The average molecular weight is 1070 g/mol. The summed E-state index contributed by atoms with van der Waals surface area (Å²) in [6, 6.07) is -1.04. The van der Waals surface area contributed by atoms with Crippen molar-refractivity contribution < 1.29 is 49.3 Å². The SMILES string of the molecule is CC/C=C/C/C=C/C/C=C/CCCCCC(O)C(=O)NC(COC1OC(CO)C(O)C(O)C1OC(=O)CCCCCCCCC/C=C\C/C=C\C/C=C\C/C=C\CCCCC)C(O)/C=C/CCCCCCCCCCC. The lowest BCUT2D eigenvalue weighted by Gasteiger charge is -2.41. The van der Waals surface area contributed by atoms with Gasteiger partial charge in [0.15, 0.2) is 12.4 Å². The predicted molar refractivity (Wildman–Crippen MR) is 315 cm³/mol. The van der Waals surface area contributed by atoms with Gasteiger partial charge in [-0.2, -0.15) is 0 Å². The van der Waals surface area contributed by atoms with Crippen molar-refractivity contribution in [2.24, 2.45) is 0 Å². The number of esters is 1. The molecule has 0 aromatic heterocycles. The first-order valence-electron chi connectivity index (χ1n) is 30.5. The van der Waals surface area contributed by atoms with Crippen LogP contribution in [-0.2, 0) is 23.8 Å². The molecular weight excluding hydrogens is 955 g/mol. The number of unbranched alkanes of at least 4 members (excludes halogenated alkanes) is 22. The molecule has 1 rings (SSSR count). The van der Waals surface area contributed by atoms with Crippen molar-refractivity contribution in [1.29, 1.82) is 0 Å². The Balaban J connectivity index is 2.66. The third-order valence-electron chi connectivity index (χ3n) is 13.7. The van der Waals surface area contributed by atoms with Crippen LogP contribution in [0.4, 0.5) is 0 Å². The van der Waals surface area contributed by atoms with Gasteiger partial charge in [0.25, 0.3) is 0 Å². The molecule has 1 aliphatic rings. The quantitative estimate of drug-likeness (QED) is 0.0195. The summed E-state index contributed by atoms with van der Waals surface area (Å²) in [5.74, 6) is -1.24. The molecule has 0 aromatic carbocycles. The van der Waals surface area contributed by atoms with Crippen LogP contribution in [0.15, 0.2) is 97.2 Å². The first kappa shape index (κ1) is 70.6. The molecule has 8 atom stereocenters. The number of allylic oxidation sites excluding steroid dienone is 15. The number of hydrogen-bond donors (Lipinski definition) is 6. The van der Waals surface area contributed by atoms with E-state index in [-0.39, 0.29) is 19.4 Å². The summed E-state index contributed by atoms with van der Waals surface area (Å²) < 4.78 is 17.6. The predicted octanol–water partition coefficient (Wildman–Crippen LogP) is 14.3. The molecule has 0 spiro atoms. The summed E-state index contributed by atoms with van der Waals surface area (Å²) in [5, 5.41) is 56.8. The Kier molecular flexibility index (Phi) is 48.6. The fourth-order valence-electron chi connectivity index (χ4n) is 8.88. The standard InChI is InChI=1S/C65H111NO10/c1-4-7-10-13-16-19-22-24-25-26-27-28-29-30-31-32-33-35-38-41-44-47-50-53-60(70)76-63-62(72)61(71)59(54-67)75-65(63)74-55-56(57(68)51-48-45-42-39-36-21-18-15-12-9-6-3)66-64(73)58(69)52-49-46-43-40-37-34-23-20-17-14-11-8-5-2/h8,11,16-17,19-20,24-25,27-28,30-31,34,37,48,51,56-59,61-63,65,67-69,71-72H,4-7,9-10,12-15,18,21-23,26,29,32-33,35-36,38-47,49-50,52-55H2,1-3H3,(H,66,73)/b11-8+,19-16-,20-17+,25-24-,28-27-,31-30-,37-34+,51-48+. The lowest BCUT2D eigenvalue weighted by molar-refractivity contribution is -0.305. The van der Waals surface area contributed by atoms with E-state index >= 15 is 0 Å². The maximum absolute atomic E-state index is 13.4. The van der Waals surface area contributed by atoms with Crippen molar-refractivity contribution in [3.63, 3.8) is 0 Å². The van der Waals surface area contributed by atoms with Gasteiger partial charge in [0.2, 0.25) is 5.91 Å². The molecule has 6 N–H and O–H groups in total. The lowest BCUT2D eigenvalue weighted by atomic mass is 9.99. The van der Waals surface area contributed by atoms with Crippen LogP contribution < -0.4 is 5.32 Å². The van der Waals surface area contributed by atoms with Gasteiger partial charge in [-0.05, 0) is 103 Å². The van der Waals surface area contributed by atoms with E-state index in [1.807, 2.05) is 6.08 Å². The van der Waals surface area contributed by atoms with Gasteiger partial charge in [0.1, 0.15) is 24.4 Å². The first-order chi connectivity index (χ1) is 37.2. The van der Waals surface area contributed by atoms with Crippen molar-refractivity contribution in [3.05, 3.63) is 97.2 Å². The van der Waals surface area contributed by atoms with Crippen LogP contribution in [0, 0.1) is 0 Å². The number of ether oxygens (including phenoxy) is 3. The molecule has 0 aromatic rings. The van der Waals surface area contributed by atoms with Crippen molar-refractivity contribution in [3.8, 4) is 0 Å². The molecule has 0 bridgehead atoms. The molecular formula is C65H111NO10. The van der Waals surface area contributed by atoms with Gasteiger partial charge in [-0.1, -0.05) is 227 Å². The van der Waals surface area contributed by atoms with Crippen LogP contribution >= 0.6 is 0 Å². The highest BCUT2D eigenvalue weighted by atomic mass is 16.7. The Morgan fingerprint density at radius 2 is 0.947 bits per heavy atom. The largest absolute Gasteiger partial charge is 0.454 e. The smallest absolute Gasteiger partial charge is 0.306 e. The first-order valence-corrected chi connectivity index (χ1v) is 30.5. The second kappa shape index (κ2) is 52.3. The number of rotatable bonds is 50. The second-order valence-electron chi connectivity index (χ2n) is 20.7. The van der Waals surface area contributed by atoms with Crippen molar-refractivity contribution >= 4 is 11.9 Å². The molecule has 11 heteroatoms.